The molecule has 20 heavy (non-hydrogen) atoms. The monoisotopic (exact) mass is 305 g/mol. The predicted octanol–water partition coefficient (Wildman–Crippen LogP) is -0.967. The van der Waals surface area contributed by atoms with E-state index in [-0.39, 0.29) is 31.6 Å². The first kappa shape index (κ1) is 15.7. The van der Waals surface area contributed by atoms with Crippen LogP contribution in [0.2, 0.25) is 0 Å². The van der Waals surface area contributed by atoms with Gasteiger partial charge in [-0.2, -0.15) is 4.31 Å². The summed E-state index contributed by atoms with van der Waals surface area (Å²) in [5.74, 6) is -0.261. The highest BCUT2D eigenvalue weighted by Gasteiger charge is 2.41. The number of nitrogens with two attached hydrogens (primary N) is 1. The Morgan fingerprint density at radius 3 is 2.75 bits per heavy atom. The van der Waals surface area contributed by atoms with Gasteiger partial charge in [-0.15, -0.1) is 0 Å². The molecule has 1 aliphatic carbocycles. The Labute approximate surface area is 119 Å². The van der Waals surface area contributed by atoms with Gasteiger partial charge in [0.25, 0.3) is 0 Å². The molecule has 3 N–H and O–H groups in total. The third kappa shape index (κ3) is 3.30. The molecule has 1 saturated heterocycles. The second kappa shape index (κ2) is 6.38. The molecule has 0 aromatic rings. The smallest absolute Gasteiger partial charge is 0.241 e. The maximum absolute atomic E-state index is 12.6. The van der Waals surface area contributed by atoms with E-state index in [2.05, 4.69) is 5.32 Å². The van der Waals surface area contributed by atoms with E-state index < -0.39 is 21.3 Å². The quantitative estimate of drug-likeness (QED) is 0.657. The van der Waals surface area contributed by atoms with Crippen molar-refractivity contribution < 1.29 is 17.9 Å². The lowest BCUT2D eigenvalue weighted by atomic mass is 10.2. The van der Waals surface area contributed by atoms with E-state index in [0.29, 0.717) is 13.0 Å². The molecule has 116 valence electrons. The van der Waals surface area contributed by atoms with Crippen LogP contribution >= 0.6 is 0 Å². The van der Waals surface area contributed by atoms with Gasteiger partial charge < -0.3 is 15.8 Å². The molecule has 1 aliphatic heterocycles. The summed E-state index contributed by atoms with van der Waals surface area (Å²) >= 11 is 0. The van der Waals surface area contributed by atoms with Crippen LogP contribution in [0.15, 0.2) is 0 Å². The number of carbonyl (C=O) groups excluding carboxylic acids is 1. The fourth-order valence-electron chi connectivity index (χ4n) is 2.31. The van der Waals surface area contributed by atoms with E-state index in [4.69, 9.17) is 10.5 Å². The number of hydrogen-bond donors (Lipinski definition) is 2. The molecule has 0 spiro atoms. The third-order valence-corrected chi connectivity index (χ3v) is 6.23. The van der Waals surface area contributed by atoms with E-state index in [0.717, 1.165) is 12.8 Å². The third-order valence-electron chi connectivity index (χ3n) is 3.77. The van der Waals surface area contributed by atoms with Crippen molar-refractivity contribution in [3.8, 4) is 0 Å². The van der Waals surface area contributed by atoms with Gasteiger partial charge in [0.2, 0.25) is 15.9 Å². The summed E-state index contributed by atoms with van der Waals surface area (Å²) in [6, 6.07) is -0.569. The molecule has 8 heteroatoms. The van der Waals surface area contributed by atoms with E-state index in [1.807, 2.05) is 0 Å². The molecule has 1 heterocycles. The van der Waals surface area contributed by atoms with Crippen molar-refractivity contribution in [3.05, 3.63) is 0 Å². The fourth-order valence-corrected chi connectivity index (χ4v) is 4.20. The van der Waals surface area contributed by atoms with Gasteiger partial charge >= 0.3 is 0 Å². The topological polar surface area (TPSA) is 102 Å². The average molecular weight is 305 g/mol. The van der Waals surface area contributed by atoms with Crippen molar-refractivity contribution >= 4 is 15.9 Å². The number of carbonyl (C=O) groups is 1. The molecule has 1 amide bonds. The molecule has 2 atom stereocenters. The minimum Gasteiger partial charge on any atom is -0.378 e. The van der Waals surface area contributed by atoms with Gasteiger partial charge in [-0.05, 0) is 19.3 Å². The van der Waals surface area contributed by atoms with Gasteiger partial charge in [0.05, 0.1) is 18.5 Å². The highest BCUT2D eigenvalue weighted by atomic mass is 32.2. The molecule has 2 unspecified atom stereocenters. The largest absolute Gasteiger partial charge is 0.378 e. The summed E-state index contributed by atoms with van der Waals surface area (Å²) in [7, 11) is -3.57. The Morgan fingerprint density at radius 1 is 1.50 bits per heavy atom. The maximum atomic E-state index is 12.6. The van der Waals surface area contributed by atoms with Crippen LogP contribution in [-0.2, 0) is 19.6 Å². The van der Waals surface area contributed by atoms with E-state index >= 15 is 0 Å². The van der Waals surface area contributed by atoms with Crippen molar-refractivity contribution in [1.29, 1.82) is 0 Å². The summed E-state index contributed by atoms with van der Waals surface area (Å²) in [5.41, 5.74) is 5.55. The van der Waals surface area contributed by atoms with Gasteiger partial charge in [-0.1, -0.05) is 6.92 Å². The van der Waals surface area contributed by atoms with Gasteiger partial charge in [-0.25, -0.2) is 8.42 Å². The lowest BCUT2D eigenvalue weighted by Gasteiger charge is -2.35. The summed E-state index contributed by atoms with van der Waals surface area (Å²) in [6.07, 6.45) is 2.37. The molecule has 0 radical (unpaired) electrons. The summed E-state index contributed by atoms with van der Waals surface area (Å²) < 4.78 is 31.7. The fraction of sp³-hybridized carbons (Fsp3) is 0.917. The summed E-state index contributed by atoms with van der Waals surface area (Å²) in [6.45, 7) is 2.48. The number of amides is 1. The van der Waals surface area contributed by atoms with Crippen LogP contribution in [0.4, 0.5) is 0 Å². The zero-order chi connectivity index (χ0) is 14.8. The van der Waals surface area contributed by atoms with Crippen molar-refractivity contribution in [2.75, 3.05) is 26.3 Å². The van der Waals surface area contributed by atoms with Gasteiger partial charge in [0.15, 0.2) is 0 Å². The zero-order valence-electron chi connectivity index (χ0n) is 11.7. The lowest BCUT2D eigenvalue weighted by Crippen LogP contribution is -2.58. The second-order valence-corrected chi connectivity index (χ2v) is 7.46. The van der Waals surface area contributed by atoms with E-state index in [1.54, 1.807) is 6.92 Å². The normalized spacial score (nSPS) is 26.2. The van der Waals surface area contributed by atoms with Crippen LogP contribution in [0, 0.1) is 0 Å². The molecule has 2 fully saturated rings. The van der Waals surface area contributed by atoms with Crippen LogP contribution in [0.5, 0.6) is 0 Å². The maximum Gasteiger partial charge on any atom is 0.241 e. The second-order valence-electron chi connectivity index (χ2n) is 5.30. The first-order valence-corrected chi connectivity index (χ1v) is 8.59. The molecule has 2 rings (SSSR count). The number of morpholine rings is 1. The molecular formula is C12H23N3O4S. The minimum atomic E-state index is -3.57. The Morgan fingerprint density at radius 2 is 2.20 bits per heavy atom. The van der Waals surface area contributed by atoms with Crippen molar-refractivity contribution in [1.82, 2.24) is 9.62 Å². The molecule has 1 saturated carbocycles. The first-order valence-electron chi connectivity index (χ1n) is 7.09. The number of rotatable bonds is 6. The number of sulfonamides is 1. The Kier molecular flexibility index (Phi) is 5.00. The number of ether oxygens (including phenoxy) is 1. The highest BCUT2D eigenvalue weighted by Crippen LogP contribution is 2.22. The zero-order valence-corrected chi connectivity index (χ0v) is 12.6. The van der Waals surface area contributed by atoms with Crippen LogP contribution in [0.3, 0.4) is 0 Å². The van der Waals surface area contributed by atoms with Crippen LogP contribution < -0.4 is 11.1 Å². The van der Waals surface area contributed by atoms with E-state index in [9.17, 15) is 13.2 Å². The number of nitrogens with one attached hydrogen (secondary N) is 1. The van der Waals surface area contributed by atoms with Crippen molar-refractivity contribution in [3.63, 3.8) is 0 Å². The number of hydrogen-bond acceptors (Lipinski definition) is 5. The van der Waals surface area contributed by atoms with Crippen LogP contribution in [0.25, 0.3) is 0 Å². The molecule has 7 nitrogen and oxygen atoms in total. The van der Waals surface area contributed by atoms with Gasteiger partial charge in [0, 0.05) is 19.1 Å². The van der Waals surface area contributed by atoms with Crippen LogP contribution in [0.1, 0.15) is 26.2 Å². The molecule has 0 aromatic carbocycles. The first-order chi connectivity index (χ1) is 9.50. The molecular weight excluding hydrogens is 282 g/mol. The molecule has 2 aliphatic rings. The van der Waals surface area contributed by atoms with Gasteiger partial charge in [0.1, 0.15) is 6.04 Å². The Hall–Kier alpha value is -0.700. The highest BCUT2D eigenvalue weighted by molar-refractivity contribution is 7.89. The summed E-state index contributed by atoms with van der Waals surface area (Å²) in [4.78, 5) is 12.2. The SMILES string of the molecule is CCC(CN)S(=O)(=O)N1CCOCC1C(=O)NC1CC1. The van der Waals surface area contributed by atoms with Crippen molar-refractivity contribution in [2.24, 2.45) is 5.73 Å². The van der Waals surface area contributed by atoms with E-state index in [1.165, 1.54) is 4.31 Å². The summed E-state index contributed by atoms with van der Waals surface area (Å²) in [5, 5.41) is 2.20. The predicted molar refractivity (Wildman–Crippen MR) is 74.5 cm³/mol. The lowest BCUT2D eigenvalue weighted by molar-refractivity contribution is -0.129. The van der Waals surface area contributed by atoms with Crippen LogP contribution in [-0.4, -0.2) is 62.3 Å². The standard InChI is InChI=1S/C12H23N3O4S/c1-2-10(7-13)20(17,18)15-5-6-19-8-11(15)12(16)14-9-3-4-9/h9-11H,2-8,13H2,1H3,(H,14,16). The Bertz CT molecular complexity index is 446. The molecule has 0 aromatic heterocycles. The van der Waals surface area contributed by atoms with Crippen molar-refractivity contribution in [2.45, 2.75) is 43.5 Å². The number of nitrogens with zero attached hydrogens (tertiary/aromatic N) is 1. The molecule has 0 bridgehead atoms. The average Bonchev–Trinajstić information content (AvgIpc) is 3.23. The Balaban J connectivity index is 2.14. The van der Waals surface area contributed by atoms with Gasteiger partial charge in [-0.3, -0.25) is 4.79 Å². The minimum absolute atomic E-state index is 0.0627.